The van der Waals surface area contributed by atoms with Gasteiger partial charge in [0.15, 0.2) is 0 Å². The molecule has 0 saturated carbocycles. The van der Waals surface area contributed by atoms with Gasteiger partial charge in [0.25, 0.3) is 0 Å². The molecule has 1 N–H and O–H groups in total. The molecule has 22 heavy (non-hydrogen) atoms. The molecule has 0 radical (unpaired) electrons. The summed E-state index contributed by atoms with van der Waals surface area (Å²) in [5, 5.41) is 9.59. The Hall–Kier alpha value is 0.739. The molecular weight excluding hydrogens is 494 g/mol. The zero-order valence-electron chi connectivity index (χ0n) is 15.0. The minimum atomic E-state index is -2.55. The quantitative estimate of drug-likeness (QED) is 0.159. The standard InChI is InChI=1S/C6H8IO2.3C4H9.Sn/c1-2-3-4-5(7)6(8)9;3*1-3-4-2;/h2-3H2,1H3,(H,8,9);3*1,3-4H2,2H3;. The van der Waals surface area contributed by atoms with E-state index in [-0.39, 0.29) is 0 Å². The first-order chi connectivity index (χ1) is 10.5. The van der Waals surface area contributed by atoms with Crippen molar-refractivity contribution in [3.8, 4) is 0 Å². The van der Waals surface area contributed by atoms with Gasteiger partial charge < -0.3 is 0 Å². The van der Waals surface area contributed by atoms with Gasteiger partial charge in [-0.15, -0.1) is 0 Å². The molecule has 4 heteroatoms. The summed E-state index contributed by atoms with van der Waals surface area (Å²) in [7, 11) is 0. The van der Waals surface area contributed by atoms with Crippen LogP contribution in [0.2, 0.25) is 13.3 Å². The van der Waals surface area contributed by atoms with Crippen LogP contribution < -0.4 is 0 Å². The molecule has 0 rings (SSSR count). The van der Waals surface area contributed by atoms with Crippen LogP contribution in [0.25, 0.3) is 0 Å². The molecule has 0 spiro atoms. The Kier molecular flexibility index (Phi) is 13.5. The van der Waals surface area contributed by atoms with Gasteiger partial charge in [-0.25, -0.2) is 0 Å². The Morgan fingerprint density at radius 2 is 1.27 bits per heavy atom. The summed E-state index contributed by atoms with van der Waals surface area (Å²) < 4.78 is 6.21. The number of halogens is 1. The number of rotatable bonds is 13. The summed E-state index contributed by atoms with van der Waals surface area (Å²) in [6.07, 6.45) is 9.69. The van der Waals surface area contributed by atoms with E-state index in [1.165, 1.54) is 55.4 Å². The van der Waals surface area contributed by atoms with Gasteiger partial charge in [0, 0.05) is 0 Å². The second-order valence-electron chi connectivity index (χ2n) is 6.44. The third-order valence-corrected chi connectivity index (χ3v) is 23.5. The van der Waals surface area contributed by atoms with E-state index in [1.54, 1.807) is 0 Å². The van der Waals surface area contributed by atoms with Gasteiger partial charge in [0.1, 0.15) is 0 Å². The van der Waals surface area contributed by atoms with Gasteiger partial charge in [-0.2, -0.15) is 0 Å². The van der Waals surface area contributed by atoms with E-state index in [2.05, 4.69) is 50.3 Å². The van der Waals surface area contributed by atoms with Crippen molar-refractivity contribution in [1.29, 1.82) is 0 Å². The summed E-state index contributed by atoms with van der Waals surface area (Å²) in [6, 6.07) is 0. The van der Waals surface area contributed by atoms with Crippen molar-refractivity contribution in [2.45, 2.75) is 92.4 Å². The van der Waals surface area contributed by atoms with E-state index in [0.717, 1.165) is 12.8 Å². The molecule has 0 amide bonds. The number of unbranched alkanes of at least 4 members (excludes halogenated alkanes) is 3. The first kappa shape index (κ1) is 22.7. The zero-order chi connectivity index (χ0) is 17.0. The zero-order valence-corrected chi connectivity index (χ0v) is 20.0. The molecule has 0 aromatic rings. The first-order valence-corrected chi connectivity index (χ1v) is 17.7. The average molecular weight is 529 g/mol. The van der Waals surface area contributed by atoms with Crippen LogP contribution in [0, 0.1) is 0 Å². The van der Waals surface area contributed by atoms with Gasteiger partial charge >= 0.3 is 156 Å². The molecule has 0 fully saturated rings. The number of carboxylic acid groups (broad SMARTS) is 1. The molecule has 0 aromatic carbocycles. The molecule has 0 aliphatic rings. The van der Waals surface area contributed by atoms with Crippen molar-refractivity contribution in [3.05, 3.63) is 7.17 Å². The van der Waals surface area contributed by atoms with Crippen molar-refractivity contribution in [2.75, 3.05) is 0 Å². The first-order valence-electron chi connectivity index (χ1n) is 9.11. The van der Waals surface area contributed by atoms with E-state index in [1.807, 2.05) is 0 Å². The second kappa shape index (κ2) is 13.1. The van der Waals surface area contributed by atoms with Crippen LogP contribution in [-0.2, 0) is 4.79 Å². The molecule has 0 atom stereocenters. The minimum absolute atomic E-state index is 0.679. The molecule has 0 saturated heterocycles. The van der Waals surface area contributed by atoms with Crippen molar-refractivity contribution in [3.63, 3.8) is 0 Å². The number of allylic oxidation sites excluding steroid dienone is 1. The fourth-order valence-corrected chi connectivity index (χ4v) is 24.9. The number of carbonyl (C=O) groups is 1. The van der Waals surface area contributed by atoms with Gasteiger partial charge in [-0.05, 0) is 0 Å². The SMILES string of the molecule is CCC[CH2][Sn]([CH2]CCC)([CH2]CCC)/[C](CCC)=C(\I)C(=O)O. The summed E-state index contributed by atoms with van der Waals surface area (Å²) in [6.45, 7) is 8.99. The summed E-state index contributed by atoms with van der Waals surface area (Å²) in [5.74, 6) is -0.686. The Morgan fingerprint density at radius 3 is 1.55 bits per heavy atom. The van der Waals surface area contributed by atoms with Crippen LogP contribution in [-0.4, -0.2) is 29.5 Å². The molecule has 0 unspecified atom stereocenters. The fraction of sp³-hybridized carbons (Fsp3) is 0.833. The van der Waals surface area contributed by atoms with E-state index < -0.39 is 24.3 Å². The van der Waals surface area contributed by atoms with E-state index in [0.29, 0.717) is 3.58 Å². The number of hydrogen-bond donors (Lipinski definition) is 1. The second-order valence-corrected chi connectivity index (χ2v) is 20.8. The van der Waals surface area contributed by atoms with Crippen LogP contribution in [0.5, 0.6) is 0 Å². The van der Waals surface area contributed by atoms with Gasteiger partial charge in [0.2, 0.25) is 0 Å². The van der Waals surface area contributed by atoms with Gasteiger partial charge in [-0.1, -0.05) is 0 Å². The maximum absolute atomic E-state index is 11.7. The predicted molar refractivity (Wildman–Crippen MR) is 108 cm³/mol. The van der Waals surface area contributed by atoms with E-state index in [4.69, 9.17) is 0 Å². The third-order valence-electron chi connectivity index (χ3n) is 4.62. The van der Waals surface area contributed by atoms with Crippen LogP contribution in [0.4, 0.5) is 0 Å². The van der Waals surface area contributed by atoms with Gasteiger partial charge in [-0.3, -0.25) is 0 Å². The molecule has 130 valence electrons. The Morgan fingerprint density at radius 1 is 0.864 bits per heavy atom. The summed E-state index contributed by atoms with van der Waals surface area (Å²) in [5.41, 5.74) is 0. The van der Waals surface area contributed by atoms with Crippen molar-refractivity contribution in [1.82, 2.24) is 0 Å². The predicted octanol–water partition coefficient (Wildman–Crippen LogP) is 6.95. The number of hydrogen-bond acceptors (Lipinski definition) is 1. The normalized spacial score (nSPS) is 13.1. The molecule has 0 bridgehead atoms. The molecule has 2 nitrogen and oxygen atoms in total. The van der Waals surface area contributed by atoms with E-state index in [9.17, 15) is 9.90 Å². The molecule has 0 aliphatic carbocycles. The van der Waals surface area contributed by atoms with Crippen LogP contribution in [0.1, 0.15) is 79.1 Å². The fourth-order valence-electron chi connectivity index (χ4n) is 3.36. The maximum atomic E-state index is 11.7. The van der Waals surface area contributed by atoms with Gasteiger partial charge in [0.05, 0.1) is 0 Å². The molecular formula is C18H35IO2Sn. The van der Waals surface area contributed by atoms with Crippen molar-refractivity contribution < 1.29 is 9.90 Å². The van der Waals surface area contributed by atoms with Crippen molar-refractivity contribution in [2.24, 2.45) is 0 Å². The Labute approximate surface area is 155 Å². The molecule has 0 aliphatic heterocycles. The van der Waals surface area contributed by atoms with Crippen LogP contribution in [0.3, 0.4) is 0 Å². The topological polar surface area (TPSA) is 37.3 Å². The molecule has 0 aromatic heterocycles. The summed E-state index contributed by atoms with van der Waals surface area (Å²) >= 11 is -0.415. The average Bonchev–Trinajstić information content (AvgIpc) is 2.52. The number of carboxylic acids is 1. The Balaban J connectivity index is 5.76. The van der Waals surface area contributed by atoms with Crippen LogP contribution >= 0.6 is 22.6 Å². The summed E-state index contributed by atoms with van der Waals surface area (Å²) in [4.78, 5) is 11.7. The molecule has 0 heterocycles. The number of aliphatic carboxylic acids is 1. The third kappa shape index (κ3) is 7.54. The Bertz CT molecular complexity index is 331. The van der Waals surface area contributed by atoms with Crippen molar-refractivity contribution >= 4 is 46.9 Å². The van der Waals surface area contributed by atoms with E-state index >= 15 is 0 Å². The van der Waals surface area contributed by atoms with Crippen LogP contribution in [0.15, 0.2) is 7.17 Å². The monoisotopic (exact) mass is 530 g/mol.